The van der Waals surface area contributed by atoms with Gasteiger partial charge in [0.15, 0.2) is 5.82 Å². The van der Waals surface area contributed by atoms with E-state index in [0.29, 0.717) is 17.7 Å². The van der Waals surface area contributed by atoms with E-state index in [2.05, 4.69) is 52.6 Å². The molecular weight excluding hydrogens is 334 g/mol. The number of halogens is 1. The van der Waals surface area contributed by atoms with Crippen LogP contribution < -0.4 is 5.73 Å². The van der Waals surface area contributed by atoms with Crippen molar-refractivity contribution in [1.29, 1.82) is 0 Å². The molecule has 4 nitrogen and oxygen atoms in total. The lowest BCUT2D eigenvalue weighted by atomic mass is 9.98. The Labute approximate surface area is 153 Å². The number of rotatable bonds is 3. The van der Waals surface area contributed by atoms with Crippen LogP contribution in [0, 0.1) is 0 Å². The van der Waals surface area contributed by atoms with Gasteiger partial charge in [-0.2, -0.15) is 4.98 Å². The van der Waals surface area contributed by atoms with Crippen LogP contribution in [0.5, 0.6) is 0 Å². The van der Waals surface area contributed by atoms with Crippen molar-refractivity contribution >= 4 is 23.2 Å². The molecule has 1 aromatic heterocycles. The molecule has 2 aromatic carbocycles. The highest BCUT2D eigenvalue weighted by atomic mass is 35.5. The van der Waals surface area contributed by atoms with E-state index in [1.165, 1.54) is 16.3 Å². The zero-order chi connectivity index (χ0) is 16.1. The molecule has 0 saturated heterocycles. The Morgan fingerprint density at radius 2 is 1.76 bits per heavy atom. The van der Waals surface area contributed by atoms with E-state index in [-0.39, 0.29) is 17.9 Å². The van der Waals surface area contributed by atoms with E-state index >= 15 is 0 Å². The molecule has 25 heavy (non-hydrogen) atoms. The molecule has 5 heteroatoms. The number of nitrogens with two attached hydrogens (primary N) is 1. The minimum absolute atomic E-state index is 0. The monoisotopic (exact) mass is 355 g/mol. The molecule has 2 unspecified atom stereocenters. The molecule has 0 aliphatic heterocycles. The fraction of sp³-hybridized carbons (Fsp3) is 0.400. The van der Waals surface area contributed by atoms with Crippen molar-refractivity contribution in [1.82, 2.24) is 10.1 Å². The first kappa shape index (κ1) is 16.6. The highest BCUT2D eigenvalue weighted by molar-refractivity contribution is 5.85. The van der Waals surface area contributed by atoms with Crippen molar-refractivity contribution in [2.24, 2.45) is 5.73 Å². The lowest BCUT2D eigenvalue weighted by molar-refractivity contribution is 0.348. The third kappa shape index (κ3) is 2.83. The first-order valence-corrected chi connectivity index (χ1v) is 8.85. The van der Waals surface area contributed by atoms with E-state index in [1.807, 2.05) is 0 Å². The molecule has 1 heterocycles. The van der Waals surface area contributed by atoms with Gasteiger partial charge in [0, 0.05) is 5.92 Å². The number of hydrogen-bond acceptors (Lipinski definition) is 4. The summed E-state index contributed by atoms with van der Waals surface area (Å²) in [5, 5.41) is 6.77. The highest BCUT2D eigenvalue weighted by Gasteiger charge is 2.45. The Morgan fingerprint density at radius 3 is 2.56 bits per heavy atom. The molecule has 130 valence electrons. The maximum atomic E-state index is 6.44. The minimum Gasteiger partial charge on any atom is -0.339 e. The van der Waals surface area contributed by atoms with Gasteiger partial charge in [0.2, 0.25) is 5.89 Å². The van der Waals surface area contributed by atoms with Gasteiger partial charge in [-0.3, -0.25) is 0 Å². The van der Waals surface area contributed by atoms with E-state index < -0.39 is 0 Å². The summed E-state index contributed by atoms with van der Waals surface area (Å²) in [4.78, 5) is 4.66. The minimum atomic E-state index is -0.366. The second-order valence-electron chi connectivity index (χ2n) is 7.37. The average Bonchev–Trinajstić information content (AvgIpc) is 3.03. The Bertz CT molecular complexity index is 901. The fourth-order valence-electron chi connectivity index (χ4n) is 4.09. The number of hydrogen-bond donors (Lipinski definition) is 1. The topological polar surface area (TPSA) is 64.9 Å². The Balaban J connectivity index is 0.00000157. The molecular formula is C20H22ClN3O. The van der Waals surface area contributed by atoms with Gasteiger partial charge < -0.3 is 10.3 Å². The van der Waals surface area contributed by atoms with Crippen LogP contribution in [0.2, 0.25) is 0 Å². The fourth-order valence-corrected chi connectivity index (χ4v) is 4.09. The Kier molecular flexibility index (Phi) is 4.05. The summed E-state index contributed by atoms with van der Waals surface area (Å²) in [6.45, 7) is 0. The summed E-state index contributed by atoms with van der Waals surface area (Å²) < 4.78 is 5.56. The molecule has 2 aliphatic carbocycles. The maximum Gasteiger partial charge on any atom is 0.230 e. The van der Waals surface area contributed by atoms with Crippen LogP contribution >= 0.6 is 12.4 Å². The molecule has 5 rings (SSSR count). The van der Waals surface area contributed by atoms with Crippen LogP contribution in [0.4, 0.5) is 0 Å². The second kappa shape index (κ2) is 6.11. The zero-order valence-corrected chi connectivity index (χ0v) is 14.8. The normalized spacial score (nSPS) is 24.2. The van der Waals surface area contributed by atoms with Crippen molar-refractivity contribution in [3.05, 3.63) is 59.7 Å². The second-order valence-corrected chi connectivity index (χ2v) is 7.37. The molecule has 2 N–H and O–H groups in total. The Morgan fingerprint density at radius 1 is 1.00 bits per heavy atom. The summed E-state index contributed by atoms with van der Waals surface area (Å²) in [6, 6.07) is 15.2. The lowest BCUT2D eigenvalue weighted by Gasteiger charge is -2.17. The van der Waals surface area contributed by atoms with Crippen molar-refractivity contribution < 1.29 is 4.52 Å². The van der Waals surface area contributed by atoms with Crippen LogP contribution in [0.25, 0.3) is 10.8 Å². The van der Waals surface area contributed by atoms with Crippen molar-refractivity contribution in [2.45, 2.75) is 49.5 Å². The first-order chi connectivity index (χ1) is 11.7. The number of fused-ring (bicyclic) bond motifs is 1. The van der Waals surface area contributed by atoms with E-state index in [1.54, 1.807) is 0 Å². The summed E-state index contributed by atoms with van der Waals surface area (Å²) >= 11 is 0. The van der Waals surface area contributed by atoms with Crippen LogP contribution in [0.15, 0.2) is 47.0 Å². The van der Waals surface area contributed by atoms with Gasteiger partial charge in [-0.25, -0.2) is 0 Å². The molecule has 0 radical (unpaired) electrons. The molecule has 2 atom stereocenters. The van der Waals surface area contributed by atoms with Crippen LogP contribution in [0.1, 0.15) is 61.2 Å². The standard InChI is InChI=1S/C20H21N3O.ClH/c21-20(9-3-4-10-20)19-22-18(24-23-19)17-12-16(17)15-8-7-13-5-1-2-6-14(13)11-15;/h1-2,5-8,11,16-17H,3-4,9-10,12,21H2;1H. The molecule has 3 aromatic rings. The molecule has 0 bridgehead atoms. The van der Waals surface area contributed by atoms with Crippen molar-refractivity contribution in [3.63, 3.8) is 0 Å². The van der Waals surface area contributed by atoms with E-state index in [4.69, 9.17) is 10.3 Å². The lowest BCUT2D eigenvalue weighted by Crippen LogP contribution is -2.34. The van der Waals surface area contributed by atoms with Gasteiger partial charge in [0.05, 0.1) is 5.54 Å². The number of benzene rings is 2. The predicted octanol–water partition coefficient (Wildman–Crippen LogP) is 4.64. The van der Waals surface area contributed by atoms with E-state index in [9.17, 15) is 0 Å². The van der Waals surface area contributed by atoms with Gasteiger partial charge in [0.25, 0.3) is 0 Å². The van der Waals surface area contributed by atoms with Crippen molar-refractivity contribution in [3.8, 4) is 0 Å². The maximum absolute atomic E-state index is 6.44. The van der Waals surface area contributed by atoms with Gasteiger partial charge in [-0.05, 0) is 41.5 Å². The van der Waals surface area contributed by atoms with Gasteiger partial charge >= 0.3 is 0 Å². The summed E-state index contributed by atoms with van der Waals surface area (Å²) in [5.74, 6) is 2.30. The van der Waals surface area contributed by atoms with Crippen LogP contribution in [-0.2, 0) is 5.54 Å². The van der Waals surface area contributed by atoms with Crippen LogP contribution in [0.3, 0.4) is 0 Å². The van der Waals surface area contributed by atoms with Gasteiger partial charge in [-0.1, -0.05) is 60.5 Å². The molecule has 0 spiro atoms. The summed E-state index contributed by atoms with van der Waals surface area (Å²) in [5.41, 5.74) is 7.43. The zero-order valence-electron chi connectivity index (χ0n) is 14.0. The third-order valence-electron chi connectivity index (χ3n) is 5.69. The SMILES string of the molecule is Cl.NC1(c2noc(C3CC3c3ccc4ccccc4c3)n2)CCCC1. The predicted molar refractivity (Wildman–Crippen MR) is 99.9 cm³/mol. The number of aromatic nitrogens is 2. The van der Waals surface area contributed by atoms with Gasteiger partial charge in [-0.15, -0.1) is 12.4 Å². The average molecular weight is 356 g/mol. The molecule has 2 saturated carbocycles. The largest absolute Gasteiger partial charge is 0.339 e. The Hall–Kier alpha value is -1.91. The van der Waals surface area contributed by atoms with E-state index in [0.717, 1.165) is 38.0 Å². The summed E-state index contributed by atoms with van der Waals surface area (Å²) in [7, 11) is 0. The molecule has 2 fully saturated rings. The number of nitrogens with zero attached hydrogens (tertiary/aromatic N) is 2. The molecule has 2 aliphatic rings. The molecule has 0 amide bonds. The van der Waals surface area contributed by atoms with Crippen molar-refractivity contribution in [2.75, 3.05) is 0 Å². The first-order valence-electron chi connectivity index (χ1n) is 8.85. The van der Waals surface area contributed by atoms with Crippen LogP contribution in [-0.4, -0.2) is 10.1 Å². The van der Waals surface area contributed by atoms with Gasteiger partial charge in [0.1, 0.15) is 0 Å². The summed E-state index contributed by atoms with van der Waals surface area (Å²) in [6.07, 6.45) is 5.32. The smallest absolute Gasteiger partial charge is 0.230 e. The quantitative estimate of drug-likeness (QED) is 0.743. The highest BCUT2D eigenvalue weighted by Crippen LogP contribution is 2.54. The third-order valence-corrected chi connectivity index (χ3v) is 5.69.